The van der Waals surface area contributed by atoms with E-state index in [2.05, 4.69) is 29.7 Å². The van der Waals surface area contributed by atoms with Gasteiger partial charge in [0.25, 0.3) is 5.82 Å². The Morgan fingerprint density at radius 1 is 0.571 bits per heavy atom. The molecule has 0 aliphatic heterocycles. The van der Waals surface area contributed by atoms with Gasteiger partial charge in [-0.25, -0.2) is 9.55 Å². The summed E-state index contributed by atoms with van der Waals surface area (Å²) in [4.78, 5) is 3.33. The number of rotatable bonds is 21. The van der Waals surface area contributed by atoms with Crippen LogP contribution in [0.1, 0.15) is 141 Å². The molecule has 28 heavy (non-hydrogen) atoms. The number of aromatic nitrogens is 2. The first-order valence-corrected chi connectivity index (χ1v) is 12.9. The Balaban J connectivity index is 1.67. The smallest absolute Gasteiger partial charge is 0.248 e. The average Bonchev–Trinajstić information content (AvgIpc) is 3.11. The summed E-state index contributed by atoms with van der Waals surface area (Å²) >= 11 is 0. The van der Waals surface area contributed by atoms with Crippen molar-refractivity contribution in [3.8, 4) is 0 Å². The highest BCUT2D eigenvalue weighted by molar-refractivity contribution is 4.76. The van der Waals surface area contributed by atoms with Gasteiger partial charge in [0.2, 0.25) is 0 Å². The summed E-state index contributed by atoms with van der Waals surface area (Å²) in [7, 11) is 2.13. The SMILES string of the molecule is CCCCCCCCCCCCCCCCCCCCCCc1[nH]cc[n+]1C. The Kier molecular flexibility index (Phi) is 17.6. The van der Waals surface area contributed by atoms with Crippen molar-refractivity contribution >= 4 is 0 Å². The largest absolute Gasteiger partial charge is 0.253 e. The summed E-state index contributed by atoms with van der Waals surface area (Å²) < 4.78 is 2.20. The van der Waals surface area contributed by atoms with E-state index in [1.54, 1.807) is 0 Å². The van der Waals surface area contributed by atoms with E-state index in [1.807, 2.05) is 6.20 Å². The zero-order valence-electron chi connectivity index (χ0n) is 19.5. The summed E-state index contributed by atoms with van der Waals surface area (Å²) in [6.07, 6.45) is 34.3. The molecule has 164 valence electrons. The fourth-order valence-electron chi connectivity index (χ4n) is 4.23. The summed E-state index contributed by atoms with van der Waals surface area (Å²) in [6.45, 7) is 2.30. The standard InChI is InChI=1S/C26H50N2/c1-3-4-5-6-7-8-9-10-11-12-13-14-15-16-17-18-19-20-21-22-23-26-27-24-25-28(26)2/h24-25H,3-23H2,1-2H3/p+1. The summed E-state index contributed by atoms with van der Waals surface area (Å²) in [5.41, 5.74) is 0. The lowest BCUT2D eigenvalue weighted by Gasteiger charge is -2.04. The van der Waals surface area contributed by atoms with Crippen LogP contribution in [-0.4, -0.2) is 4.98 Å². The van der Waals surface area contributed by atoms with Crippen LogP contribution in [0, 0.1) is 0 Å². The van der Waals surface area contributed by atoms with E-state index in [9.17, 15) is 0 Å². The maximum Gasteiger partial charge on any atom is 0.253 e. The first-order valence-electron chi connectivity index (χ1n) is 12.9. The van der Waals surface area contributed by atoms with Crippen LogP contribution in [0.4, 0.5) is 0 Å². The van der Waals surface area contributed by atoms with Gasteiger partial charge in [0.15, 0.2) is 0 Å². The molecule has 0 amide bonds. The zero-order chi connectivity index (χ0) is 20.1. The molecule has 2 heteroatoms. The van der Waals surface area contributed by atoms with Crippen molar-refractivity contribution in [2.24, 2.45) is 7.05 Å². The Labute approximate surface area is 176 Å². The molecule has 2 nitrogen and oxygen atoms in total. The second-order valence-corrected chi connectivity index (χ2v) is 8.99. The highest BCUT2D eigenvalue weighted by Crippen LogP contribution is 2.15. The minimum Gasteiger partial charge on any atom is -0.248 e. The number of H-pyrrole nitrogens is 1. The van der Waals surface area contributed by atoms with Crippen molar-refractivity contribution in [3.05, 3.63) is 18.2 Å². The fraction of sp³-hybridized carbons (Fsp3) is 0.885. The van der Waals surface area contributed by atoms with E-state index in [-0.39, 0.29) is 0 Å². The number of hydrogen-bond donors (Lipinski definition) is 1. The highest BCUT2D eigenvalue weighted by Gasteiger charge is 2.04. The van der Waals surface area contributed by atoms with Crippen molar-refractivity contribution in [2.75, 3.05) is 0 Å². The first kappa shape index (κ1) is 25.2. The molecule has 0 saturated heterocycles. The Bertz CT molecular complexity index is 424. The molecule has 0 saturated carbocycles. The normalized spacial score (nSPS) is 11.4. The number of aryl methyl sites for hydroxylation is 2. The van der Waals surface area contributed by atoms with Crippen LogP contribution in [0.25, 0.3) is 0 Å². The number of nitrogens with zero attached hydrogens (tertiary/aromatic N) is 1. The summed E-state index contributed by atoms with van der Waals surface area (Å²) in [5.74, 6) is 1.36. The molecule has 0 aliphatic rings. The molecule has 0 radical (unpaired) electrons. The van der Waals surface area contributed by atoms with Gasteiger partial charge in [-0.3, -0.25) is 0 Å². The second kappa shape index (κ2) is 19.5. The summed E-state index contributed by atoms with van der Waals surface area (Å²) in [6, 6.07) is 0. The van der Waals surface area contributed by atoms with E-state index in [4.69, 9.17) is 0 Å². The van der Waals surface area contributed by atoms with E-state index in [0.29, 0.717) is 0 Å². The molecule has 1 rings (SSSR count). The third-order valence-electron chi connectivity index (χ3n) is 6.24. The van der Waals surface area contributed by atoms with Gasteiger partial charge in [0.05, 0.1) is 7.05 Å². The predicted octanol–water partition coefficient (Wildman–Crippen LogP) is 8.20. The molecule has 0 aliphatic carbocycles. The summed E-state index contributed by atoms with van der Waals surface area (Å²) in [5, 5.41) is 0. The molecule has 0 aromatic carbocycles. The molecule has 0 spiro atoms. The van der Waals surface area contributed by atoms with E-state index >= 15 is 0 Å². The molecular weight excluding hydrogens is 340 g/mol. The molecule has 1 aromatic heterocycles. The molecule has 1 aromatic rings. The molecule has 0 atom stereocenters. The van der Waals surface area contributed by atoms with Crippen molar-refractivity contribution in [2.45, 2.75) is 142 Å². The van der Waals surface area contributed by atoms with Gasteiger partial charge in [0.1, 0.15) is 12.4 Å². The van der Waals surface area contributed by atoms with Gasteiger partial charge in [-0.2, -0.15) is 0 Å². The Hall–Kier alpha value is -0.790. The fourth-order valence-corrected chi connectivity index (χ4v) is 4.23. The van der Waals surface area contributed by atoms with Crippen LogP contribution < -0.4 is 4.57 Å². The molecule has 0 unspecified atom stereocenters. The van der Waals surface area contributed by atoms with Crippen molar-refractivity contribution in [1.29, 1.82) is 0 Å². The van der Waals surface area contributed by atoms with Gasteiger partial charge in [0, 0.05) is 6.42 Å². The quantitative estimate of drug-likeness (QED) is 0.161. The Morgan fingerprint density at radius 3 is 1.25 bits per heavy atom. The van der Waals surface area contributed by atoms with Gasteiger partial charge >= 0.3 is 0 Å². The molecule has 1 N–H and O–H groups in total. The van der Waals surface area contributed by atoms with Gasteiger partial charge in [-0.15, -0.1) is 0 Å². The molecule has 0 fully saturated rings. The van der Waals surface area contributed by atoms with E-state index in [1.165, 1.54) is 141 Å². The average molecular weight is 392 g/mol. The third-order valence-corrected chi connectivity index (χ3v) is 6.24. The van der Waals surface area contributed by atoms with Crippen LogP contribution in [0.3, 0.4) is 0 Å². The topological polar surface area (TPSA) is 19.7 Å². The van der Waals surface area contributed by atoms with E-state index < -0.39 is 0 Å². The maximum atomic E-state index is 3.33. The molecule has 1 heterocycles. The number of imidazole rings is 1. The second-order valence-electron chi connectivity index (χ2n) is 8.99. The molecular formula is C26H51N2+. The minimum atomic E-state index is 1.20. The lowest BCUT2D eigenvalue weighted by Crippen LogP contribution is -2.30. The van der Waals surface area contributed by atoms with Crippen LogP contribution >= 0.6 is 0 Å². The van der Waals surface area contributed by atoms with Crippen LogP contribution in [0.5, 0.6) is 0 Å². The minimum absolute atomic E-state index is 1.20. The number of unbranched alkanes of at least 4 members (excludes halogenated alkanes) is 19. The lowest BCUT2D eigenvalue weighted by molar-refractivity contribution is -0.677. The van der Waals surface area contributed by atoms with Crippen LogP contribution in [-0.2, 0) is 13.5 Å². The van der Waals surface area contributed by atoms with Crippen LogP contribution in [0.15, 0.2) is 12.4 Å². The first-order chi connectivity index (χ1) is 13.8. The van der Waals surface area contributed by atoms with Crippen molar-refractivity contribution < 1.29 is 4.57 Å². The maximum absolute atomic E-state index is 3.33. The zero-order valence-corrected chi connectivity index (χ0v) is 19.5. The number of aromatic amines is 1. The third kappa shape index (κ3) is 15.2. The van der Waals surface area contributed by atoms with Gasteiger partial charge in [-0.05, 0) is 6.42 Å². The number of hydrogen-bond acceptors (Lipinski definition) is 0. The number of nitrogens with one attached hydrogen (secondary N) is 1. The van der Waals surface area contributed by atoms with Crippen molar-refractivity contribution in [1.82, 2.24) is 4.98 Å². The van der Waals surface area contributed by atoms with Crippen LogP contribution in [0.2, 0.25) is 0 Å². The molecule has 0 bridgehead atoms. The van der Waals surface area contributed by atoms with Crippen molar-refractivity contribution in [3.63, 3.8) is 0 Å². The monoisotopic (exact) mass is 391 g/mol. The van der Waals surface area contributed by atoms with Gasteiger partial charge in [-0.1, -0.05) is 129 Å². The predicted molar refractivity (Wildman–Crippen MR) is 124 cm³/mol. The van der Waals surface area contributed by atoms with Gasteiger partial charge < -0.3 is 0 Å². The Morgan fingerprint density at radius 2 is 0.929 bits per heavy atom. The lowest BCUT2D eigenvalue weighted by atomic mass is 10.0. The highest BCUT2D eigenvalue weighted by atomic mass is 15.0. The van der Waals surface area contributed by atoms with E-state index in [0.717, 1.165) is 0 Å².